The van der Waals surface area contributed by atoms with Gasteiger partial charge in [-0.05, 0) is 35.9 Å². The number of hydrogen-bond donors (Lipinski definition) is 1. The molecule has 0 bridgehead atoms. The number of rotatable bonds is 8. The molecule has 0 aliphatic heterocycles. The van der Waals surface area contributed by atoms with Crippen molar-refractivity contribution in [3.8, 4) is 0 Å². The summed E-state index contributed by atoms with van der Waals surface area (Å²) < 4.78 is 59.6. The molecule has 0 saturated heterocycles. The largest absolute Gasteiger partial charge is 0.454 e. The molecule has 4 rings (SSSR count). The Morgan fingerprint density at radius 3 is 2.52 bits per heavy atom. The van der Waals surface area contributed by atoms with E-state index in [4.69, 9.17) is 16.0 Å². The number of carbonyl (C=O) groups excluding carboxylic acids is 1. The van der Waals surface area contributed by atoms with Crippen molar-refractivity contribution in [1.82, 2.24) is 19.6 Å². The topological polar surface area (TPSA) is 77.9 Å². The molecular formula is C21H16ClF4N5O2. The van der Waals surface area contributed by atoms with Crippen LogP contribution in [-0.2, 0) is 13.1 Å². The van der Waals surface area contributed by atoms with Gasteiger partial charge in [0, 0.05) is 11.2 Å². The number of aromatic nitrogens is 4. The van der Waals surface area contributed by atoms with E-state index in [1.165, 1.54) is 18.3 Å². The van der Waals surface area contributed by atoms with E-state index < -0.39 is 30.1 Å². The van der Waals surface area contributed by atoms with Gasteiger partial charge in [0.1, 0.15) is 17.1 Å². The van der Waals surface area contributed by atoms with E-state index in [9.17, 15) is 22.4 Å². The normalized spacial score (nSPS) is 11.5. The van der Waals surface area contributed by atoms with Gasteiger partial charge in [-0.15, -0.1) is 0 Å². The number of amides is 1. The van der Waals surface area contributed by atoms with Crippen molar-refractivity contribution in [2.24, 2.45) is 0 Å². The highest BCUT2D eigenvalue weighted by Gasteiger charge is 2.22. The Morgan fingerprint density at radius 1 is 1.06 bits per heavy atom. The highest BCUT2D eigenvalue weighted by molar-refractivity contribution is 6.30. The van der Waals surface area contributed by atoms with E-state index in [-0.39, 0.29) is 18.1 Å². The molecule has 33 heavy (non-hydrogen) atoms. The van der Waals surface area contributed by atoms with Gasteiger partial charge in [0.25, 0.3) is 18.8 Å². The Balaban J connectivity index is 1.41. The highest BCUT2D eigenvalue weighted by Crippen LogP contribution is 2.26. The summed E-state index contributed by atoms with van der Waals surface area (Å²) >= 11 is 5.87. The van der Waals surface area contributed by atoms with E-state index in [0.717, 1.165) is 10.2 Å². The minimum absolute atomic E-state index is 0.0877. The van der Waals surface area contributed by atoms with Crippen LogP contribution in [0.5, 0.6) is 0 Å². The van der Waals surface area contributed by atoms with Gasteiger partial charge in [0.05, 0.1) is 25.0 Å². The minimum Gasteiger partial charge on any atom is -0.454 e. The third-order valence-corrected chi connectivity index (χ3v) is 4.87. The van der Waals surface area contributed by atoms with Crippen LogP contribution in [0.2, 0.25) is 5.02 Å². The van der Waals surface area contributed by atoms with Crippen LogP contribution in [0.3, 0.4) is 0 Å². The summed E-state index contributed by atoms with van der Waals surface area (Å²) in [6.45, 7) is 0.133. The number of benzene rings is 1. The van der Waals surface area contributed by atoms with Crippen LogP contribution in [0.1, 0.15) is 46.1 Å². The smallest absolute Gasteiger partial charge is 0.291 e. The van der Waals surface area contributed by atoms with E-state index in [1.807, 2.05) is 12.1 Å². The van der Waals surface area contributed by atoms with Crippen molar-refractivity contribution in [1.29, 1.82) is 0 Å². The molecule has 1 amide bonds. The lowest BCUT2D eigenvalue weighted by atomic mass is 10.2. The molecule has 4 aromatic rings. The van der Waals surface area contributed by atoms with Crippen LogP contribution in [0.4, 0.5) is 23.2 Å². The molecule has 1 aromatic carbocycles. The first-order valence-electron chi connectivity index (χ1n) is 9.59. The molecule has 172 valence electrons. The van der Waals surface area contributed by atoms with Crippen molar-refractivity contribution < 1.29 is 26.8 Å². The number of halogens is 5. The lowest BCUT2D eigenvalue weighted by Crippen LogP contribution is -2.10. The Hall–Kier alpha value is -3.60. The molecular weight excluding hydrogens is 466 g/mol. The quantitative estimate of drug-likeness (QED) is 0.335. The van der Waals surface area contributed by atoms with Crippen LogP contribution in [0, 0.1) is 0 Å². The van der Waals surface area contributed by atoms with Gasteiger partial charge in [-0.25, -0.2) is 17.6 Å². The van der Waals surface area contributed by atoms with Crippen molar-refractivity contribution in [3.05, 3.63) is 88.4 Å². The number of hydrogen-bond acceptors (Lipinski definition) is 4. The van der Waals surface area contributed by atoms with Gasteiger partial charge in [0.2, 0.25) is 0 Å². The zero-order chi connectivity index (χ0) is 23.5. The maximum absolute atomic E-state index is 13.1. The van der Waals surface area contributed by atoms with E-state index in [0.29, 0.717) is 23.3 Å². The maximum Gasteiger partial charge on any atom is 0.291 e. The average Bonchev–Trinajstić information content (AvgIpc) is 3.50. The summed E-state index contributed by atoms with van der Waals surface area (Å²) in [5.41, 5.74) is -0.0420. The van der Waals surface area contributed by atoms with Gasteiger partial charge >= 0.3 is 0 Å². The van der Waals surface area contributed by atoms with E-state index in [2.05, 4.69) is 15.5 Å². The monoisotopic (exact) mass is 481 g/mol. The fraction of sp³-hybridized carbons (Fsp3) is 0.190. The molecule has 3 aromatic heterocycles. The summed E-state index contributed by atoms with van der Waals surface area (Å²) in [5.74, 6) is -0.574. The second-order valence-electron chi connectivity index (χ2n) is 7.03. The molecule has 0 unspecified atom stereocenters. The van der Waals surface area contributed by atoms with Gasteiger partial charge < -0.3 is 9.73 Å². The molecule has 7 nitrogen and oxygen atoms in total. The van der Waals surface area contributed by atoms with Crippen LogP contribution in [-0.4, -0.2) is 25.5 Å². The van der Waals surface area contributed by atoms with Gasteiger partial charge in [-0.2, -0.15) is 10.2 Å². The van der Waals surface area contributed by atoms with Crippen LogP contribution >= 0.6 is 11.6 Å². The number of nitrogens with zero attached hydrogens (tertiary/aromatic N) is 4. The zero-order valence-corrected chi connectivity index (χ0v) is 17.5. The predicted molar refractivity (Wildman–Crippen MR) is 111 cm³/mol. The van der Waals surface area contributed by atoms with Gasteiger partial charge in [-0.3, -0.25) is 14.2 Å². The summed E-state index contributed by atoms with van der Waals surface area (Å²) in [7, 11) is 0. The number of carbonyl (C=O) groups is 1. The summed E-state index contributed by atoms with van der Waals surface area (Å²) in [6, 6.07) is 10.6. The maximum atomic E-state index is 13.1. The molecule has 0 fully saturated rings. The molecule has 0 aliphatic carbocycles. The molecule has 0 spiro atoms. The Morgan fingerprint density at radius 2 is 1.82 bits per heavy atom. The lowest BCUT2D eigenvalue weighted by molar-refractivity contribution is 0.0994. The number of nitrogens with one attached hydrogen (secondary N) is 1. The third kappa shape index (κ3) is 5.43. The van der Waals surface area contributed by atoms with Gasteiger partial charge in [0.15, 0.2) is 5.76 Å². The molecule has 0 aliphatic rings. The molecule has 1 N–H and O–H groups in total. The SMILES string of the molecule is O=C(Nc1cnn(Cc2ccc(Cl)cc2)c1)c1ccc(Cn2nc(C(F)F)cc2C(F)F)o1. The van der Waals surface area contributed by atoms with Crippen molar-refractivity contribution in [3.63, 3.8) is 0 Å². The van der Waals surface area contributed by atoms with Gasteiger partial charge in [-0.1, -0.05) is 23.7 Å². The van der Waals surface area contributed by atoms with Crippen molar-refractivity contribution >= 4 is 23.2 Å². The zero-order valence-electron chi connectivity index (χ0n) is 16.8. The van der Waals surface area contributed by atoms with Crippen molar-refractivity contribution in [2.75, 3.05) is 5.32 Å². The van der Waals surface area contributed by atoms with Crippen LogP contribution in [0.15, 0.2) is 59.3 Å². The average molecular weight is 482 g/mol. The molecule has 0 saturated carbocycles. The Kier molecular flexibility index (Phi) is 6.50. The molecule has 0 radical (unpaired) electrons. The number of alkyl halides is 4. The summed E-state index contributed by atoms with van der Waals surface area (Å²) in [4.78, 5) is 12.5. The predicted octanol–water partition coefficient (Wildman–Crippen LogP) is 5.55. The third-order valence-electron chi connectivity index (χ3n) is 4.62. The minimum atomic E-state index is -2.99. The second-order valence-corrected chi connectivity index (χ2v) is 7.46. The van der Waals surface area contributed by atoms with E-state index in [1.54, 1.807) is 23.0 Å². The fourth-order valence-electron chi connectivity index (χ4n) is 3.08. The fourth-order valence-corrected chi connectivity index (χ4v) is 3.20. The Bertz CT molecular complexity index is 1250. The van der Waals surface area contributed by atoms with Crippen molar-refractivity contribution in [2.45, 2.75) is 25.9 Å². The number of furan rings is 1. The first kappa shape index (κ1) is 22.6. The first-order chi connectivity index (χ1) is 15.8. The Labute approximate surface area is 189 Å². The molecule has 0 atom stereocenters. The summed E-state index contributed by atoms with van der Waals surface area (Å²) in [5, 5.41) is 10.9. The standard InChI is InChI=1S/C21H16ClF4N5O2/c22-13-3-1-12(2-4-13)9-30-10-14(8-27-30)28-21(32)18-6-5-15(33-18)11-31-17(20(25)26)7-16(29-31)19(23)24/h1-8,10,19-20H,9,11H2,(H,28,32). The first-order valence-corrected chi connectivity index (χ1v) is 9.97. The molecule has 3 heterocycles. The highest BCUT2D eigenvalue weighted by atomic mass is 35.5. The van der Waals surface area contributed by atoms with Crippen LogP contribution < -0.4 is 5.32 Å². The number of anilines is 1. The van der Waals surface area contributed by atoms with E-state index >= 15 is 0 Å². The lowest BCUT2D eigenvalue weighted by Gasteiger charge is -2.04. The molecule has 12 heteroatoms. The summed E-state index contributed by atoms with van der Waals surface area (Å²) in [6.07, 6.45) is -2.89. The van der Waals surface area contributed by atoms with Crippen LogP contribution in [0.25, 0.3) is 0 Å². The second kappa shape index (κ2) is 9.49.